The molecule has 2 heterocycles. The van der Waals surface area contributed by atoms with Gasteiger partial charge in [0.1, 0.15) is 12.4 Å². The first-order valence-electron chi connectivity index (χ1n) is 11.0. The molecular weight excluding hydrogens is 424 g/mol. The van der Waals surface area contributed by atoms with Crippen LogP contribution in [0, 0.1) is 12.8 Å². The first kappa shape index (κ1) is 22.7. The highest BCUT2D eigenvalue weighted by molar-refractivity contribution is 5.80. The SMILES string of the molecule is COCCNC(=O)[C@H]1C[C@H](NC(=O)Cn2ccnc2C)[C@H](c2nc(-c3ccccc3)no2)C1. The lowest BCUT2D eigenvalue weighted by Gasteiger charge is -2.18. The van der Waals surface area contributed by atoms with Gasteiger partial charge in [-0.05, 0) is 19.8 Å². The van der Waals surface area contributed by atoms with Crippen LogP contribution in [0.3, 0.4) is 0 Å². The van der Waals surface area contributed by atoms with Crippen LogP contribution in [0.5, 0.6) is 0 Å². The number of carbonyl (C=O) groups excluding carboxylic acids is 2. The fourth-order valence-corrected chi connectivity index (χ4v) is 4.17. The van der Waals surface area contributed by atoms with Gasteiger partial charge in [-0.15, -0.1) is 0 Å². The van der Waals surface area contributed by atoms with Gasteiger partial charge < -0.3 is 24.5 Å². The Hall–Kier alpha value is -3.53. The van der Waals surface area contributed by atoms with E-state index in [-0.39, 0.29) is 36.2 Å². The molecule has 1 aliphatic rings. The van der Waals surface area contributed by atoms with E-state index in [9.17, 15) is 9.59 Å². The van der Waals surface area contributed by atoms with Crippen LogP contribution in [-0.2, 0) is 20.9 Å². The van der Waals surface area contributed by atoms with E-state index in [0.717, 1.165) is 11.4 Å². The van der Waals surface area contributed by atoms with Crippen LogP contribution in [0.15, 0.2) is 47.2 Å². The van der Waals surface area contributed by atoms with E-state index in [4.69, 9.17) is 9.26 Å². The molecule has 0 radical (unpaired) electrons. The minimum atomic E-state index is -0.302. The van der Waals surface area contributed by atoms with Crippen LogP contribution in [0.2, 0.25) is 0 Å². The third-order valence-corrected chi connectivity index (χ3v) is 5.91. The number of methoxy groups -OCH3 is 1. The summed E-state index contributed by atoms with van der Waals surface area (Å²) in [5.74, 6) is 0.896. The highest BCUT2D eigenvalue weighted by Gasteiger charge is 2.42. The largest absolute Gasteiger partial charge is 0.383 e. The van der Waals surface area contributed by atoms with Gasteiger partial charge in [0.15, 0.2) is 0 Å². The zero-order chi connectivity index (χ0) is 23.2. The number of hydrogen-bond donors (Lipinski definition) is 2. The number of ether oxygens (including phenoxy) is 1. The number of carbonyl (C=O) groups is 2. The van der Waals surface area contributed by atoms with Crippen molar-refractivity contribution in [3.05, 3.63) is 54.4 Å². The molecule has 2 N–H and O–H groups in total. The van der Waals surface area contributed by atoms with E-state index in [0.29, 0.717) is 37.7 Å². The molecule has 0 aliphatic heterocycles. The lowest BCUT2D eigenvalue weighted by Crippen LogP contribution is -2.39. The van der Waals surface area contributed by atoms with Gasteiger partial charge in [0.25, 0.3) is 0 Å². The molecule has 1 fully saturated rings. The molecule has 0 bridgehead atoms. The maximum absolute atomic E-state index is 12.8. The van der Waals surface area contributed by atoms with Crippen LogP contribution in [0.1, 0.15) is 30.5 Å². The first-order valence-corrected chi connectivity index (χ1v) is 11.0. The number of rotatable bonds is 9. The maximum Gasteiger partial charge on any atom is 0.240 e. The van der Waals surface area contributed by atoms with Gasteiger partial charge in [0.2, 0.25) is 23.5 Å². The average molecular weight is 453 g/mol. The van der Waals surface area contributed by atoms with E-state index in [1.165, 1.54) is 0 Å². The molecule has 0 spiro atoms. The minimum Gasteiger partial charge on any atom is -0.383 e. The zero-order valence-electron chi connectivity index (χ0n) is 18.7. The fourth-order valence-electron chi connectivity index (χ4n) is 4.17. The molecule has 10 heteroatoms. The van der Waals surface area contributed by atoms with Crippen LogP contribution in [0.25, 0.3) is 11.4 Å². The topological polar surface area (TPSA) is 124 Å². The second-order valence-electron chi connectivity index (χ2n) is 8.16. The van der Waals surface area contributed by atoms with Crippen molar-refractivity contribution < 1.29 is 18.8 Å². The monoisotopic (exact) mass is 452 g/mol. The van der Waals surface area contributed by atoms with Gasteiger partial charge in [0.05, 0.1) is 12.5 Å². The molecule has 1 saturated carbocycles. The Bertz CT molecular complexity index is 1080. The Labute approximate surface area is 191 Å². The predicted molar refractivity (Wildman–Crippen MR) is 119 cm³/mol. The number of hydrogen-bond acceptors (Lipinski definition) is 7. The molecule has 174 valence electrons. The van der Waals surface area contributed by atoms with E-state index in [2.05, 4.69) is 25.8 Å². The van der Waals surface area contributed by atoms with Gasteiger partial charge in [0, 0.05) is 43.6 Å². The predicted octanol–water partition coefficient (Wildman–Crippen LogP) is 1.68. The van der Waals surface area contributed by atoms with Crippen molar-refractivity contribution in [1.82, 2.24) is 30.3 Å². The number of aryl methyl sites for hydroxylation is 1. The van der Waals surface area contributed by atoms with Crippen LogP contribution in [0.4, 0.5) is 0 Å². The summed E-state index contributed by atoms with van der Waals surface area (Å²) in [5.41, 5.74) is 0.843. The number of nitrogens with one attached hydrogen (secondary N) is 2. The summed E-state index contributed by atoms with van der Waals surface area (Å²) in [6, 6.07) is 9.24. The second-order valence-corrected chi connectivity index (χ2v) is 8.16. The summed E-state index contributed by atoms with van der Waals surface area (Å²) in [5, 5.41) is 10.1. The number of amides is 2. The zero-order valence-corrected chi connectivity index (χ0v) is 18.7. The summed E-state index contributed by atoms with van der Waals surface area (Å²) < 4.78 is 12.4. The number of benzene rings is 1. The number of aromatic nitrogens is 4. The molecule has 33 heavy (non-hydrogen) atoms. The summed E-state index contributed by atoms with van der Waals surface area (Å²) in [7, 11) is 1.59. The summed E-state index contributed by atoms with van der Waals surface area (Å²) in [6.45, 7) is 2.87. The smallest absolute Gasteiger partial charge is 0.240 e. The Balaban J connectivity index is 1.50. The van der Waals surface area contributed by atoms with Crippen molar-refractivity contribution in [3.63, 3.8) is 0 Å². The average Bonchev–Trinajstić information content (AvgIpc) is 3.55. The van der Waals surface area contributed by atoms with Gasteiger partial charge in [-0.1, -0.05) is 35.5 Å². The Morgan fingerprint density at radius 1 is 1.24 bits per heavy atom. The standard InChI is InChI=1S/C23H28N6O4/c1-15-24-8-10-29(15)14-20(30)26-19-13-17(22(31)25-9-11-32-2)12-18(19)23-27-21(28-33-23)16-6-4-3-5-7-16/h3-8,10,17-19H,9,11-14H2,1-2H3,(H,25,31)(H,26,30)/t17-,18-,19+/m1/s1. The molecule has 3 aromatic rings. The molecule has 0 saturated heterocycles. The Morgan fingerprint density at radius 2 is 2.06 bits per heavy atom. The maximum atomic E-state index is 12.8. The van der Waals surface area contributed by atoms with Crippen LogP contribution in [-0.4, -0.2) is 57.8 Å². The molecule has 0 unspecified atom stereocenters. The van der Waals surface area contributed by atoms with Crippen molar-refractivity contribution in [1.29, 1.82) is 0 Å². The van der Waals surface area contributed by atoms with E-state index < -0.39 is 0 Å². The molecule has 1 aliphatic carbocycles. The van der Waals surface area contributed by atoms with Crippen molar-refractivity contribution in [2.75, 3.05) is 20.3 Å². The van der Waals surface area contributed by atoms with Crippen molar-refractivity contribution in [3.8, 4) is 11.4 Å². The lowest BCUT2D eigenvalue weighted by molar-refractivity contribution is -0.125. The third kappa shape index (κ3) is 5.46. The molecule has 4 rings (SSSR count). The van der Waals surface area contributed by atoms with E-state index >= 15 is 0 Å². The van der Waals surface area contributed by atoms with Crippen molar-refractivity contribution in [2.24, 2.45) is 5.92 Å². The van der Waals surface area contributed by atoms with Crippen molar-refractivity contribution >= 4 is 11.8 Å². The number of nitrogens with zero attached hydrogens (tertiary/aromatic N) is 4. The van der Waals surface area contributed by atoms with Crippen LogP contribution < -0.4 is 10.6 Å². The number of imidazole rings is 1. The highest BCUT2D eigenvalue weighted by atomic mass is 16.5. The molecule has 3 atom stereocenters. The van der Waals surface area contributed by atoms with E-state index in [1.54, 1.807) is 24.1 Å². The van der Waals surface area contributed by atoms with E-state index in [1.807, 2.05) is 37.3 Å². The third-order valence-electron chi connectivity index (χ3n) is 5.91. The highest BCUT2D eigenvalue weighted by Crippen LogP contribution is 2.38. The molecule has 2 aromatic heterocycles. The molecule has 2 amide bonds. The summed E-state index contributed by atoms with van der Waals surface area (Å²) >= 11 is 0. The first-order chi connectivity index (χ1) is 16.0. The van der Waals surface area contributed by atoms with Crippen LogP contribution >= 0.6 is 0 Å². The fraction of sp³-hybridized carbons (Fsp3) is 0.435. The Morgan fingerprint density at radius 3 is 2.79 bits per heavy atom. The second kappa shape index (κ2) is 10.4. The quantitative estimate of drug-likeness (QED) is 0.473. The van der Waals surface area contributed by atoms with Crippen molar-refractivity contribution in [2.45, 2.75) is 38.3 Å². The minimum absolute atomic E-state index is 0.0675. The normalized spacial score (nSPS) is 20.0. The Kier molecular flexibility index (Phi) is 7.13. The molecular formula is C23H28N6O4. The molecule has 1 aromatic carbocycles. The van der Waals surface area contributed by atoms with Gasteiger partial charge in [-0.2, -0.15) is 4.98 Å². The summed E-state index contributed by atoms with van der Waals surface area (Å²) in [6.07, 6.45) is 4.41. The summed E-state index contributed by atoms with van der Waals surface area (Å²) in [4.78, 5) is 34.2. The molecule has 10 nitrogen and oxygen atoms in total. The van der Waals surface area contributed by atoms with Gasteiger partial charge >= 0.3 is 0 Å². The van der Waals surface area contributed by atoms with Gasteiger partial charge in [-0.25, -0.2) is 4.98 Å². The lowest BCUT2D eigenvalue weighted by atomic mass is 10.0. The van der Waals surface area contributed by atoms with Gasteiger partial charge in [-0.3, -0.25) is 9.59 Å².